The third-order valence-electron chi connectivity index (χ3n) is 5.44. The van der Waals surface area contributed by atoms with Gasteiger partial charge >= 0.3 is 0 Å². The highest BCUT2D eigenvalue weighted by atomic mass is 31.2. The Labute approximate surface area is 164 Å². The number of nitrogens with zero attached hydrogens (tertiary/aromatic N) is 2. The monoisotopic (exact) mass is 377 g/mol. The summed E-state index contributed by atoms with van der Waals surface area (Å²) in [5, 5.41) is 1.42. The van der Waals surface area contributed by atoms with Crippen molar-refractivity contribution < 1.29 is 0 Å². The zero-order valence-electron chi connectivity index (χ0n) is 16.8. The van der Waals surface area contributed by atoms with Crippen molar-refractivity contribution in [3.05, 3.63) is 102 Å². The van der Waals surface area contributed by atoms with E-state index < -0.39 is 7.56 Å². The molecule has 0 heterocycles. The van der Waals surface area contributed by atoms with E-state index in [9.17, 15) is 0 Å². The predicted octanol–water partition coefficient (Wildman–Crippen LogP) is 5.61. The Bertz CT molecular complexity index is 821. The van der Waals surface area contributed by atoms with Crippen LogP contribution in [0.4, 0.5) is 0 Å². The van der Waals surface area contributed by atoms with Crippen LogP contribution in [0.15, 0.2) is 91.0 Å². The van der Waals surface area contributed by atoms with Crippen LogP contribution in [-0.2, 0) is 6.16 Å². The lowest BCUT2D eigenvalue weighted by atomic mass is 10.1. The average molecular weight is 377 g/mol. The van der Waals surface area contributed by atoms with Crippen molar-refractivity contribution in [1.82, 2.24) is 9.34 Å². The van der Waals surface area contributed by atoms with Gasteiger partial charge in [-0.25, -0.2) is 0 Å². The van der Waals surface area contributed by atoms with Crippen LogP contribution in [0.5, 0.6) is 0 Å². The van der Waals surface area contributed by atoms with Gasteiger partial charge in [-0.2, -0.15) is 9.34 Å². The molecule has 0 aliphatic rings. The van der Waals surface area contributed by atoms with Crippen molar-refractivity contribution in [3.8, 4) is 0 Å². The number of hydrogen-bond acceptors (Lipinski definition) is 2. The molecule has 3 aromatic carbocycles. The van der Waals surface area contributed by atoms with Gasteiger partial charge in [-0.05, 0) is 30.2 Å². The van der Waals surface area contributed by atoms with E-state index in [-0.39, 0.29) is 0 Å². The fraction of sp³-hybridized carbons (Fsp3) is 0.250. The van der Waals surface area contributed by atoms with Crippen LogP contribution in [0.3, 0.4) is 0 Å². The highest BCUT2D eigenvalue weighted by Gasteiger charge is 2.50. The Balaban J connectivity index is 2.10. The van der Waals surface area contributed by atoms with Crippen LogP contribution in [0.25, 0.3) is 0 Å². The first-order valence-electron chi connectivity index (χ1n) is 9.49. The number of hydrogen-bond donors (Lipinski definition) is 0. The maximum Gasteiger partial charge on any atom is 0.190 e. The Morgan fingerprint density at radius 2 is 1.19 bits per heavy atom. The molecule has 27 heavy (non-hydrogen) atoms. The van der Waals surface area contributed by atoms with Crippen molar-refractivity contribution in [2.75, 3.05) is 21.1 Å². The molecule has 3 heteroatoms. The first-order valence-corrected chi connectivity index (χ1v) is 11.4. The van der Waals surface area contributed by atoms with Gasteiger partial charge < -0.3 is 0 Å². The van der Waals surface area contributed by atoms with Crippen LogP contribution in [0.2, 0.25) is 0 Å². The van der Waals surface area contributed by atoms with Crippen molar-refractivity contribution >= 4 is 12.9 Å². The van der Waals surface area contributed by atoms with E-state index >= 15 is 0 Å². The fourth-order valence-corrected chi connectivity index (χ4v) is 7.93. The lowest BCUT2D eigenvalue weighted by Gasteiger charge is -2.41. The molecule has 3 aromatic rings. The van der Waals surface area contributed by atoms with Crippen molar-refractivity contribution in [2.45, 2.75) is 19.1 Å². The predicted molar refractivity (Wildman–Crippen MR) is 119 cm³/mol. The van der Waals surface area contributed by atoms with Gasteiger partial charge in [0.2, 0.25) is 0 Å². The van der Waals surface area contributed by atoms with E-state index in [4.69, 9.17) is 0 Å². The van der Waals surface area contributed by atoms with Crippen LogP contribution in [-0.4, -0.2) is 30.5 Å². The molecule has 0 saturated heterocycles. The summed E-state index contributed by atoms with van der Waals surface area (Å²) in [5.41, 5.74) is 2.74. The lowest BCUT2D eigenvalue weighted by Crippen LogP contribution is -2.38. The fourth-order valence-electron chi connectivity index (χ4n) is 3.78. The molecule has 0 aliphatic carbocycles. The van der Waals surface area contributed by atoms with Gasteiger partial charge in [0.15, 0.2) is 7.56 Å². The minimum absolute atomic E-state index is 0.325. The standard InChI is InChI=1S/C24H30N2P/c1-21(23-16-10-6-11-17-23)26(4)27(25(2)3,24-18-12-7-13-19-24)20-22-14-8-5-9-15-22/h5-19,21H,20H2,1-4H3/q+1. The molecule has 0 fully saturated rings. The second-order valence-corrected chi connectivity index (χ2v) is 10.9. The summed E-state index contributed by atoms with van der Waals surface area (Å²) in [6, 6.07) is 33.1. The minimum atomic E-state index is -1.79. The molecule has 0 radical (unpaired) electrons. The molecular formula is C24H30N2P+. The van der Waals surface area contributed by atoms with Gasteiger partial charge in [-0.15, -0.1) is 0 Å². The molecule has 0 N–H and O–H groups in total. The van der Waals surface area contributed by atoms with Crippen molar-refractivity contribution in [1.29, 1.82) is 0 Å². The summed E-state index contributed by atoms with van der Waals surface area (Å²) < 4.78 is 5.08. The molecule has 0 spiro atoms. The Hall–Kier alpha value is -1.99. The molecule has 2 nitrogen and oxygen atoms in total. The maximum absolute atomic E-state index is 2.62. The molecule has 3 rings (SSSR count). The van der Waals surface area contributed by atoms with E-state index in [1.165, 1.54) is 16.4 Å². The second kappa shape index (κ2) is 8.80. The molecule has 0 amide bonds. The third kappa shape index (κ3) is 4.14. The lowest BCUT2D eigenvalue weighted by molar-refractivity contribution is 0.402. The van der Waals surface area contributed by atoms with Gasteiger partial charge in [-0.1, -0.05) is 78.9 Å². The summed E-state index contributed by atoms with van der Waals surface area (Å²) in [4.78, 5) is 0. The Kier molecular flexibility index (Phi) is 6.44. The molecular weight excluding hydrogens is 347 g/mol. The summed E-state index contributed by atoms with van der Waals surface area (Å²) in [7, 11) is 4.97. The highest BCUT2D eigenvalue weighted by Crippen LogP contribution is 2.66. The Morgan fingerprint density at radius 3 is 1.70 bits per heavy atom. The molecule has 2 atom stereocenters. The topological polar surface area (TPSA) is 6.48 Å². The van der Waals surface area contributed by atoms with E-state index in [2.05, 4.69) is 128 Å². The molecule has 0 aliphatic heterocycles. The molecule has 2 unspecified atom stereocenters. The maximum atomic E-state index is 2.62. The highest BCUT2D eigenvalue weighted by molar-refractivity contribution is 7.77. The van der Waals surface area contributed by atoms with Crippen molar-refractivity contribution in [2.24, 2.45) is 0 Å². The molecule has 140 valence electrons. The largest absolute Gasteiger partial charge is 0.190 e. The van der Waals surface area contributed by atoms with E-state index in [1.807, 2.05) is 0 Å². The number of rotatable bonds is 7. The summed E-state index contributed by atoms with van der Waals surface area (Å²) in [6.07, 6.45) is 1.03. The van der Waals surface area contributed by atoms with Gasteiger partial charge in [0.05, 0.1) is 6.04 Å². The van der Waals surface area contributed by atoms with E-state index in [1.54, 1.807) is 0 Å². The first kappa shape index (κ1) is 19.8. The molecule has 0 aromatic heterocycles. The summed E-state index contributed by atoms with van der Waals surface area (Å²) in [5.74, 6) is 0. The SMILES string of the molecule is CC(c1ccccc1)N(C)[P+](Cc1ccccc1)(c1ccccc1)N(C)C. The number of benzene rings is 3. The third-order valence-corrected chi connectivity index (χ3v) is 10.1. The van der Waals surface area contributed by atoms with Gasteiger partial charge in [0.25, 0.3) is 0 Å². The molecule has 0 saturated carbocycles. The normalized spacial score (nSPS) is 14.9. The average Bonchev–Trinajstić information content (AvgIpc) is 2.73. The minimum Gasteiger partial charge on any atom is -0.165 e. The van der Waals surface area contributed by atoms with Gasteiger partial charge in [0.1, 0.15) is 11.5 Å². The van der Waals surface area contributed by atoms with E-state index in [0.29, 0.717) is 6.04 Å². The van der Waals surface area contributed by atoms with Crippen LogP contribution >= 0.6 is 7.56 Å². The second-order valence-electron chi connectivity index (χ2n) is 7.22. The van der Waals surface area contributed by atoms with E-state index in [0.717, 1.165) is 6.16 Å². The Morgan fingerprint density at radius 1 is 0.704 bits per heavy atom. The van der Waals surface area contributed by atoms with Crippen molar-refractivity contribution in [3.63, 3.8) is 0 Å². The van der Waals surface area contributed by atoms with Crippen LogP contribution in [0, 0.1) is 0 Å². The molecule has 0 bridgehead atoms. The van der Waals surface area contributed by atoms with Gasteiger partial charge in [0, 0.05) is 21.1 Å². The summed E-state index contributed by atoms with van der Waals surface area (Å²) >= 11 is 0. The summed E-state index contributed by atoms with van der Waals surface area (Å²) in [6.45, 7) is 2.32. The van der Waals surface area contributed by atoms with Crippen LogP contribution < -0.4 is 5.30 Å². The zero-order valence-corrected chi connectivity index (χ0v) is 17.7. The smallest absolute Gasteiger partial charge is 0.165 e. The zero-order chi connectivity index (χ0) is 19.3. The van der Waals surface area contributed by atoms with Gasteiger partial charge in [-0.3, -0.25) is 0 Å². The van der Waals surface area contributed by atoms with Crippen LogP contribution in [0.1, 0.15) is 24.1 Å². The quantitative estimate of drug-likeness (QED) is 0.494. The first-order chi connectivity index (χ1) is 13.1.